The zero-order valence-electron chi connectivity index (χ0n) is 11.3. The van der Waals surface area contributed by atoms with Gasteiger partial charge in [-0.05, 0) is 25.5 Å². The summed E-state index contributed by atoms with van der Waals surface area (Å²) in [5.41, 5.74) is 0.523. The van der Waals surface area contributed by atoms with Gasteiger partial charge in [-0.3, -0.25) is 4.79 Å². The van der Waals surface area contributed by atoms with Gasteiger partial charge in [0.05, 0.1) is 24.3 Å². The van der Waals surface area contributed by atoms with Crippen LogP contribution in [0.1, 0.15) is 36.0 Å². The lowest BCUT2D eigenvalue weighted by Gasteiger charge is -2.23. The minimum Gasteiger partial charge on any atom is -0.490 e. The summed E-state index contributed by atoms with van der Waals surface area (Å²) in [6.07, 6.45) is 3.90. The van der Waals surface area contributed by atoms with E-state index >= 15 is 0 Å². The van der Waals surface area contributed by atoms with Gasteiger partial charge in [0.25, 0.3) is 0 Å². The van der Waals surface area contributed by atoms with E-state index < -0.39 is 0 Å². The number of carbonyl (C=O) groups excluding carboxylic acids is 1. The van der Waals surface area contributed by atoms with Crippen molar-refractivity contribution < 1.29 is 14.3 Å². The lowest BCUT2D eigenvalue weighted by atomic mass is 9.96. The first-order chi connectivity index (χ1) is 9.75. The van der Waals surface area contributed by atoms with Gasteiger partial charge in [0.1, 0.15) is 0 Å². The van der Waals surface area contributed by atoms with Crippen molar-refractivity contribution in [1.29, 1.82) is 0 Å². The molecule has 2 heterocycles. The van der Waals surface area contributed by atoms with Crippen LogP contribution in [0.5, 0.6) is 11.5 Å². The number of carbonyl (C=O) groups is 1. The van der Waals surface area contributed by atoms with E-state index in [1.165, 1.54) is 0 Å². The second kappa shape index (κ2) is 6.02. The monoisotopic (exact) mass is 295 g/mol. The lowest BCUT2D eigenvalue weighted by molar-refractivity contribution is 0.0927. The SMILES string of the molecule is O=C(c1cc2c(cc1Cl)OCCCO2)C1CCCCN1. The molecule has 0 spiro atoms. The van der Waals surface area contributed by atoms with Crippen molar-refractivity contribution in [2.45, 2.75) is 31.7 Å². The van der Waals surface area contributed by atoms with E-state index in [4.69, 9.17) is 21.1 Å². The summed E-state index contributed by atoms with van der Waals surface area (Å²) in [5, 5.41) is 3.69. The minimum absolute atomic E-state index is 0.0466. The van der Waals surface area contributed by atoms with Crippen LogP contribution < -0.4 is 14.8 Å². The maximum atomic E-state index is 12.5. The average Bonchev–Trinajstić information content (AvgIpc) is 2.71. The highest BCUT2D eigenvalue weighted by Gasteiger charge is 2.25. The molecule has 0 aromatic heterocycles. The van der Waals surface area contributed by atoms with Gasteiger partial charge < -0.3 is 14.8 Å². The highest BCUT2D eigenvalue weighted by molar-refractivity contribution is 6.34. The number of hydrogen-bond donors (Lipinski definition) is 1. The Morgan fingerprint density at radius 2 is 1.90 bits per heavy atom. The number of halogens is 1. The second-order valence-electron chi connectivity index (χ2n) is 5.20. The summed E-state index contributed by atoms with van der Waals surface area (Å²) < 4.78 is 11.2. The Hall–Kier alpha value is -1.26. The molecule has 1 atom stereocenters. The van der Waals surface area contributed by atoms with E-state index in [-0.39, 0.29) is 11.8 Å². The van der Waals surface area contributed by atoms with Crippen LogP contribution in [-0.2, 0) is 0 Å². The van der Waals surface area contributed by atoms with Gasteiger partial charge in [-0.15, -0.1) is 0 Å². The van der Waals surface area contributed by atoms with Crippen molar-refractivity contribution in [1.82, 2.24) is 5.32 Å². The topological polar surface area (TPSA) is 47.6 Å². The predicted molar refractivity (Wildman–Crippen MR) is 77.0 cm³/mol. The normalized spacial score (nSPS) is 22.1. The number of ketones is 1. The van der Waals surface area contributed by atoms with Gasteiger partial charge in [-0.1, -0.05) is 18.0 Å². The van der Waals surface area contributed by atoms with Crippen LogP contribution in [0.25, 0.3) is 0 Å². The number of ether oxygens (including phenoxy) is 2. The first kappa shape index (κ1) is 13.7. The molecule has 0 aliphatic carbocycles. The summed E-state index contributed by atoms with van der Waals surface area (Å²) in [7, 11) is 0. The summed E-state index contributed by atoms with van der Waals surface area (Å²) in [4.78, 5) is 12.5. The van der Waals surface area contributed by atoms with Gasteiger partial charge in [0, 0.05) is 18.1 Å². The van der Waals surface area contributed by atoms with Crippen molar-refractivity contribution in [3.05, 3.63) is 22.7 Å². The number of Topliss-reactive ketones (excluding diaryl/α,β-unsaturated/α-hetero) is 1. The van der Waals surface area contributed by atoms with Gasteiger partial charge >= 0.3 is 0 Å². The highest BCUT2D eigenvalue weighted by Crippen LogP contribution is 2.35. The summed E-state index contributed by atoms with van der Waals surface area (Å²) in [6.45, 7) is 2.10. The first-order valence-electron chi connectivity index (χ1n) is 7.12. The van der Waals surface area contributed by atoms with Crippen LogP contribution >= 0.6 is 11.6 Å². The molecular weight excluding hydrogens is 278 g/mol. The van der Waals surface area contributed by atoms with E-state index in [0.29, 0.717) is 35.3 Å². The number of piperidine rings is 1. The molecular formula is C15H18ClNO3. The number of benzene rings is 1. The quantitative estimate of drug-likeness (QED) is 0.852. The first-order valence-corrected chi connectivity index (χ1v) is 7.50. The summed E-state index contributed by atoms with van der Waals surface area (Å²) in [5.74, 6) is 1.29. The molecule has 1 unspecified atom stereocenters. The predicted octanol–water partition coefficient (Wildman–Crippen LogP) is 2.83. The highest BCUT2D eigenvalue weighted by atomic mass is 35.5. The van der Waals surface area contributed by atoms with Crippen LogP contribution in [-0.4, -0.2) is 31.6 Å². The standard InChI is InChI=1S/C15H18ClNO3/c16-11-9-14-13(19-6-3-7-20-14)8-10(11)15(18)12-4-1-2-5-17-12/h8-9,12,17H,1-7H2. The smallest absolute Gasteiger partial charge is 0.181 e. The minimum atomic E-state index is -0.133. The van der Waals surface area contributed by atoms with E-state index in [2.05, 4.69) is 5.32 Å². The Labute approximate surface area is 123 Å². The zero-order valence-corrected chi connectivity index (χ0v) is 12.0. The lowest BCUT2D eigenvalue weighted by Crippen LogP contribution is -2.40. The molecule has 1 aromatic rings. The molecule has 4 nitrogen and oxygen atoms in total. The molecule has 2 aliphatic heterocycles. The molecule has 3 rings (SSSR count). The molecule has 1 fully saturated rings. The Balaban J connectivity index is 1.88. The van der Waals surface area contributed by atoms with Gasteiger partial charge in [0.2, 0.25) is 0 Å². The third kappa shape index (κ3) is 2.76. The van der Waals surface area contributed by atoms with Crippen LogP contribution in [0.15, 0.2) is 12.1 Å². The Bertz CT molecular complexity index is 512. The molecule has 108 valence electrons. The Kier molecular flexibility index (Phi) is 4.13. The van der Waals surface area contributed by atoms with Gasteiger partial charge in [0.15, 0.2) is 17.3 Å². The van der Waals surface area contributed by atoms with Gasteiger partial charge in [-0.25, -0.2) is 0 Å². The number of nitrogens with one attached hydrogen (secondary N) is 1. The molecule has 0 amide bonds. The Morgan fingerprint density at radius 3 is 2.60 bits per heavy atom. The van der Waals surface area contributed by atoms with Crippen molar-refractivity contribution in [3.63, 3.8) is 0 Å². The molecule has 0 radical (unpaired) electrons. The molecule has 0 bridgehead atoms. The van der Waals surface area contributed by atoms with Crippen molar-refractivity contribution in [3.8, 4) is 11.5 Å². The van der Waals surface area contributed by atoms with Crippen LogP contribution in [0.2, 0.25) is 5.02 Å². The van der Waals surface area contributed by atoms with Crippen LogP contribution in [0.4, 0.5) is 0 Å². The van der Waals surface area contributed by atoms with Crippen molar-refractivity contribution in [2.75, 3.05) is 19.8 Å². The van der Waals surface area contributed by atoms with Crippen LogP contribution in [0.3, 0.4) is 0 Å². The van der Waals surface area contributed by atoms with Crippen molar-refractivity contribution >= 4 is 17.4 Å². The van der Waals surface area contributed by atoms with Crippen LogP contribution in [0, 0.1) is 0 Å². The summed E-state index contributed by atoms with van der Waals surface area (Å²) >= 11 is 6.24. The molecule has 1 aromatic carbocycles. The maximum Gasteiger partial charge on any atom is 0.181 e. The Morgan fingerprint density at radius 1 is 1.15 bits per heavy atom. The van der Waals surface area contributed by atoms with Gasteiger partial charge in [-0.2, -0.15) is 0 Å². The van der Waals surface area contributed by atoms with E-state index in [0.717, 1.165) is 32.2 Å². The number of rotatable bonds is 2. The molecule has 2 aliphatic rings. The third-order valence-corrected chi connectivity index (χ3v) is 4.04. The summed E-state index contributed by atoms with van der Waals surface area (Å²) in [6, 6.07) is 3.28. The third-order valence-electron chi connectivity index (χ3n) is 3.73. The molecule has 1 saturated heterocycles. The maximum absolute atomic E-state index is 12.5. The van der Waals surface area contributed by atoms with E-state index in [1.54, 1.807) is 12.1 Å². The fourth-order valence-electron chi connectivity index (χ4n) is 2.64. The van der Waals surface area contributed by atoms with Crippen molar-refractivity contribution in [2.24, 2.45) is 0 Å². The number of hydrogen-bond acceptors (Lipinski definition) is 4. The van der Waals surface area contributed by atoms with E-state index in [1.807, 2.05) is 0 Å². The largest absolute Gasteiger partial charge is 0.490 e. The average molecular weight is 296 g/mol. The fourth-order valence-corrected chi connectivity index (χ4v) is 2.88. The second-order valence-corrected chi connectivity index (χ2v) is 5.60. The molecule has 0 saturated carbocycles. The zero-order chi connectivity index (χ0) is 13.9. The van der Waals surface area contributed by atoms with E-state index in [9.17, 15) is 4.79 Å². The number of fused-ring (bicyclic) bond motifs is 1. The molecule has 20 heavy (non-hydrogen) atoms. The molecule has 1 N–H and O–H groups in total. The molecule has 5 heteroatoms. The fraction of sp³-hybridized carbons (Fsp3) is 0.533.